The number of nitrogens with one attached hydrogen (secondary N) is 2. The molecule has 1 aliphatic rings. The number of fused-ring (bicyclic) bond motifs is 1. The highest BCUT2D eigenvalue weighted by Crippen LogP contribution is 2.34. The van der Waals surface area contributed by atoms with Crippen LogP contribution in [-0.4, -0.2) is 26.2 Å². The molecule has 2 N–H and O–H groups in total. The van der Waals surface area contributed by atoms with E-state index < -0.39 is 6.04 Å². The fourth-order valence-electron chi connectivity index (χ4n) is 3.28. The molecule has 3 aromatic rings. The summed E-state index contributed by atoms with van der Waals surface area (Å²) in [5.41, 5.74) is 2.29. The molecule has 6 heteroatoms. The fraction of sp³-hybridized carbons (Fsp3) is 0.208. The van der Waals surface area contributed by atoms with Crippen LogP contribution in [-0.2, 0) is 4.79 Å². The minimum atomic E-state index is -0.595. The van der Waals surface area contributed by atoms with Crippen LogP contribution in [0.3, 0.4) is 0 Å². The molecule has 6 nitrogen and oxygen atoms in total. The molecule has 0 saturated heterocycles. The second kappa shape index (κ2) is 9.22. The number of benzene rings is 3. The van der Waals surface area contributed by atoms with Crippen LogP contribution in [0.1, 0.15) is 18.0 Å². The van der Waals surface area contributed by atoms with E-state index in [1.54, 1.807) is 13.2 Å². The van der Waals surface area contributed by atoms with Gasteiger partial charge in [0.2, 0.25) is 0 Å². The smallest absolute Gasteiger partial charge is 0.251 e. The maximum absolute atomic E-state index is 13.2. The van der Waals surface area contributed by atoms with E-state index in [4.69, 9.17) is 14.2 Å². The predicted octanol–water partition coefficient (Wildman–Crippen LogP) is 4.65. The van der Waals surface area contributed by atoms with Crippen molar-refractivity contribution in [2.24, 2.45) is 0 Å². The second-order valence-electron chi connectivity index (χ2n) is 6.92. The lowest BCUT2D eigenvalue weighted by Gasteiger charge is -2.21. The van der Waals surface area contributed by atoms with Crippen LogP contribution in [0.5, 0.6) is 17.2 Å². The van der Waals surface area contributed by atoms with Gasteiger partial charge in [0.25, 0.3) is 5.91 Å². The summed E-state index contributed by atoms with van der Waals surface area (Å²) >= 11 is 0. The van der Waals surface area contributed by atoms with Gasteiger partial charge in [-0.25, -0.2) is 0 Å². The molecule has 0 bridgehead atoms. The monoisotopic (exact) mass is 404 g/mol. The maximum atomic E-state index is 13.2. The van der Waals surface area contributed by atoms with Crippen LogP contribution in [0.25, 0.3) is 0 Å². The number of methoxy groups -OCH3 is 1. The van der Waals surface area contributed by atoms with E-state index in [0.717, 1.165) is 23.4 Å². The largest absolute Gasteiger partial charge is 0.497 e. The summed E-state index contributed by atoms with van der Waals surface area (Å²) in [6.45, 7) is 1.24. The molecule has 0 saturated carbocycles. The Hall–Kier alpha value is -3.67. The van der Waals surface area contributed by atoms with Gasteiger partial charge in [0.1, 0.15) is 11.8 Å². The lowest BCUT2D eigenvalue weighted by molar-refractivity contribution is -0.117. The molecule has 1 amide bonds. The van der Waals surface area contributed by atoms with E-state index in [1.165, 1.54) is 0 Å². The average Bonchev–Trinajstić information content (AvgIpc) is 3.03. The molecule has 3 aromatic carbocycles. The standard InChI is InChI=1S/C24H24N2O4/c1-28-20-10-5-9-18(15-20)26-24(27)23(17-7-3-2-4-8-17)25-19-11-12-21-22(16-19)30-14-6-13-29-21/h2-5,7-12,15-16,23,25H,6,13-14H2,1H3,(H,26,27)/t23-/m1/s1. The van der Waals surface area contributed by atoms with Gasteiger partial charge in [-0.15, -0.1) is 0 Å². The highest BCUT2D eigenvalue weighted by Gasteiger charge is 2.22. The highest BCUT2D eigenvalue weighted by molar-refractivity contribution is 5.97. The van der Waals surface area contributed by atoms with Crippen LogP contribution < -0.4 is 24.8 Å². The zero-order valence-electron chi connectivity index (χ0n) is 16.8. The number of hydrogen-bond acceptors (Lipinski definition) is 5. The summed E-state index contributed by atoms with van der Waals surface area (Å²) < 4.78 is 16.7. The van der Waals surface area contributed by atoms with Crippen molar-refractivity contribution in [3.63, 3.8) is 0 Å². The molecule has 1 heterocycles. The van der Waals surface area contributed by atoms with Crippen LogP contribution in [0, 0.1) is 0 Å². The Morgan fingerprint density at radius 3 is 2.50 bits per heavy atom. The summed E-state index contributed by atoms with van der Waals surface area (Å²) in [7, 11) is 1.60. The first kappa shape index (κ1) is 19.6. The molecule has 1 atom stereocenters. The summed E-state index contributed by atoms with van der Waals surface area (Å²) in [5.74, 6) is 1.90. The van der Waals surface area contributed by atoms with E-state index >= 15 is 0 Å². The second-order valence-corrected chi connectivity index (χ2v) is 6.92. The lowest BCUT2D eigenvalue weighted by Crippen LogP contribution is -2.27. The normalized spacial score (nSPS) is 13.6. The minimum Gasteiger partial charge on any atom is -0.497 e. The third-order valence-electron chi connectivity index (χ3n) is 4.79. The molecule has 0 radical (unpaired) electrons. The highest BCUT2D eigenvalue weighted by atomic mass is 16.5. The van der Waals surface area contributed by atoms with Crippen molar-refractivity contribution in [1.29, 1.82) is 0 Å². The van der Waals surface area contributed by atoms with Crippen LogP contribution in [0.2, 0.25) is 0 Å². The number of carbonyl (C=O) groups excluding carboxylic acids is 1. The van der Waals surface area contributed by atoms with Crippen LogP contribution in [0.15, 0.2) is 72.8 Å². The van der Waals surface area contributed by atoms with E-state index in [-0.39, 0.29) is 5.91 Å². The Labute approximate surface area is 175 Å². The van der Waals surface area contributed by atoms with Crippen molar-refractivity contribution in [2.45, 2.75) is 12.5 Å². The van der Waals surface area contributed by atoms with Crippen molar-refractivity contribution in [2.75, 3.05) is 31.0 Å². The van der Waals surface area contributed by atoms with E-state index in [9.17, 15) is 4.79 Å². The molecule has 0 fully saturated rings. The molecule has 4 rings (SSSR count). The molecule has 30 heavy (non-hydrogen) atoms. The molecule has 154 valence electrons. The summed E-state index contributed by atoms with van der Waals surface area (Å²) in [6.07, 6.45) is 0.840. The Morgan fingerprint density at radius 1 is 0.900 bits per heavy atom. The fourth-order valence-corrected chi connectivity index (χ4v) is 3.28. The van der Waals surface area contributed by atoms with Gasteiger partial charge in [-0.1, -0.05) is 36.4 Å². The molecule has 0 aromatic heterocycles. The van der Waals surface area contributed by atoms with Gasteiger partial charge in [0.05, 0.1) is 20.3 Å². The average molecular weight is 404 g/mol. The number of ether oxygens (including phenoxy) is 3. The Bertz CT molecular complexity index is 1010. The maximum Gasteiger partial charge on any atom is 0.251 e. The molecule has 1 aliphatic heterocycles. The summed E-state index contributed by atoms with van der Waals surface area (Å²) in [5, 5.41) is 6.31. The molecule has 0 unspecified atom stereocenters. The van der Waals surface area contributed by atoms with E-state index in [1.807, 2.05) is 66.7 Å². The third kappa shape index (κ3) is 4.66. The number of rotatable bonds is 6. The van der Waals surface area contributed by atoms with Gasteiger partial charge < -0.3 is 24.8 Å². The van der Waals surface area contributed by atoms with Crippen molar-refractivity contribution in [3.05, 3.63) is 78.4 Å². The number of amides is 1. The van der Waals surface area contributed by atoms with E-state index in [0.29, 0.717) is 30.4 Å². The Kier molecular flexibility index (Phi) is 6.03. The zero-order valence-corrected chi connectivity index (χ0v) is 16.8. The first-order valence-electron chi connectivity index (χ1n) is 9.89. The van der Waals surface area contributed by atoms with Crippen LogP contribution >= 0.6 is 0 Å². The van der Waals surface area contributed by atoms with Crippen LogP contribution in [0.4, 0.5) is 11.4 Å². The van der Waals surface area contributed by atoms with Crippen molar-refractivity contribution >= 4 is 17.3 Å². The number of hydrogen-bond donors (Lipinski definition) is 2. The third-order valence-corrected chi connectivity index (χ3v) is 4.79. The summed E-state index contributed by atoms with van der Waals surface area (Å²) in [6, 6.07) is 21.9. The lowest BCUT2D eigenvalue weighted by atomic mass is 10.1. The predicted molar refractivity (Wildman–Crippen MR) is 116 cm³/mol. The molecular weight excluding hydrogens is 380 g/mol. The quantitative estimate of drug-likeness (QED) is 0.626. The van der Waals surface area contributed by atoms with Crippen molar-refractivity contribution < 1.29 is 19.0 Å². The SMILES string of the molecule is COc1cccc(NC(=O)[C@H](Nc2ccc3c(c2)OCCCO3)c2ccccc2)c1. The van der Waals surface area contributed by atoms with Gasteiger partial charge in [-0.3, -0.25) is 4.79 Å². The molecule has 0 spiro atoms. The molecular formula is C24H24N2O4. The Morgan fingerprint density at radius 2 is 1.70 bits per heavy atom. The van der Waals surface area contributed by atoms with Crippen molar-refractivity contribution in [1.82, 2.24) is 0 Å². The van der Waals surface area contributed by atoms with Gasteiger partial charge in [0.15, 0.2) is 11.5 Å². The summed E-state index contributed by atoms with van der Waals surface area (Å²) in [4.78, 5) is 13.2. The first-order valence-corrected chi connectivity index (χ1v) is 9.89. The minimum absolute atomic E-state index is 0.179. The number of anilines is 2. The Balaban J connectivity index is 1.59. The van der Waals surface area contributed by atoms with Gasteiger partial charge >= 0.3 is 0 Å². The van der Waals surface area contributed by atoms with Crippen molar-refractivity contribution in [3.8, 4) is 17.2 Å². The van der Waals surface area contributed by atoms with Gasteiger partial charge in [-0.2, -0.15) is 0 Å². The topological polar surface area (TPSA) is 68.8 Å². The first-order chi connectivity index (χ1) is 14.7. The zero-order chi connectivity index (χ0) is 20.8. The van der Waals surface area contributed by atoms with Gasteiger partial charge in [-0.05, 0) is 29.8 Å². The van der Waals surface area contributed by atoms with Gasteiger partial charge in [0, 0.05) is 29.9 Å². The molecule has 0 aliphatic carbocycles. The number of carbonyl (C=O) groups is 1. The van der Waals surface area contributed by atoms with E-state index in [2.05, 4.69) is 10.6 Å².